The van der Waals surface area contributed by atoms with Gasteiger partial charge in [-0.25, -0.2) is 0 Å². The minimum absolute atomic E-state index is 0.0957. The van der Waals surface area contributed by atoms with E-state index in [9.17, 15) is 19.7 Å². The Hall–Kier alpha value is -1.66. The Balaban J connectivity index is 2.52. The van der Waals surface area contributed by atoms with E-state index in [1.54, 1.807) is 6.92 Å². The van der Waals surface area contributed by atoms with Crippen molar-refractivity contribution in [3.63, 3.8) is 0 Å². The molecule has 2 rings (SSSR count). The van der Waals surface area contributed by atoms with Crippen molar-refractivity contribution in [1.82, 2.24) is 5.32 Å². The van der Waals surface area contributed by atoms with Crippen molar-refractivity contribution in [2.24, 2.45) is 0 Å². The molecule has 2 amide bonds. The van der Waals surface area contributed by atoms with Crippen LogP contribution in [0.3, 0.4) is 0 Å². The Morgan fingerprint density at radius 2 is 1.95 bits per heavy atom. The summed E-state index contributed by atoms with van der Waals surface area (Å²) >= 11 is 11.7. The summed E-state index contributed by atoms with van der Waals surface area (Å²) in [7, 11) is 0. The number of nitrogens with one attached hydrogen (secondary N) is 1. The molecule has 0 spiro atoms. The highest BCUT2D eigenvalue weighted by atomic mass is 35.5. The zero-order valence-electron chi connectivity index (χ0n) is 9.65. The molecule has 1 aliphatic rings. The van der Waals surface area contributed by atoms with Crippen molar-refractivity contribution < 1.29 is 14.5 Å². The van der Waals surface area contributed by atoms with E-state index < -0.39 is 28.0 Å². The number of nitro groups is 1. The number of imide groups is 1. The first kappa shape index (κ1) is 13.8. The number of hydrogen-bond donors (Lipinski definition) is 1. The van der Waals surface area contributed by atoms with Gasteiger partial charge in [-0.15, -0.1) is 11.6 Å². The lowest BCUT2D eigenvalue weighted by Gasteiger charge is -2.13. The van der Waals surface area contributed by atoms with Crippen LogP contribution in [0.2, 0.25) is 5.02 Å². The predicted octanol–water partition coefficient (Wildman–Crippen LogP) is 1.90. The van der Waals surface area contributed by atoms with Crippen LogP contribution in [0.1, 0.15) is 17.0 Å². The smallest absolute Gasteiger partial charge is 0.288 e. The SMILES string of the molecule is Cc1cc([N+](=O)[O-])c(Cl)cc1C1C(=O)NC(=O)C1Cl. The minimum atomic E-state index is -1.04. The summed E-state index contributed by atoms with van der Waals surface area (Å²) < 4.78 is 0. The minimum Gasteiger partial charge on any atom is -0.295 e. The van der Waals surface area contributed by atoms with Crippen LogP contribution in [0.5, 0.6) is 0 Å². The van der Waals surface area contributed by atoms with Crippen LogP contribution < -0.4 is 5.32 Å². The number of carbonyl (C=O) groups is 2. The van der Waals surface area contributed by atoms with E-state index in [-0.39, 0.29) is 10.7 Å². The summed E-state index contributed by atoms with van der Waals surface area (Å²) in [5.41, 5.74) is 0.648. The molecule has 1 heterocycles. The molecule has 2 atom stereocenters. The summed E-state index contributed by atoms with van der Waals surface area (Å²) in [5, 5.41) is 11.7. The Labute approximate surface area is 117 Å². The van der Waals surface area contributed by atoms with Crippen molar-refractivity contribution in [3.8, 4) is 0 Å². The van der Waals surface area contributed by atoms with Gasteiger partial charge < -0.3 is 0 Å². The van der Waals surface area contributed by atoms with Crippen molar-refractivity contribution in [3.05, 3.63) is 38.4 Å². The summed E-state index contributed by atoms with van der Waals surface area (Å²) in [6.07, 6.45) is 0. The molecule has 1 saturated heterocycles. The van der Waals surface area contributed by atoms with E-state index in [2.05, 4.69) is 5.32 Å². The highest BCUT2D eigenvalue weighted by molar-refractivity contribution is 6.37. The summed E-state index contributed by atoms with van der Waals surface area (Å²) in [6.45, 7) is 1.60. The fourth-order valence-electron chi connectivity index (χ4n) is 2.01. The van der Waals surface area contributed by atoms with Crippen LogP contribution in [-0.2, 0) is 9.59 Å². The van der Waals surface area contributed by atoms with Crippen molar-refractivity contribution in [2.45, 2.75) is 18.2 Å². The van der Waals surface area contributed by atoms with Crippen LogP contribution in [0, 0.1) is 17.0 Å². The number of halogens is 2. The zero-order valence-corrected chi connectivity index (χ0v) is 11.2. The molecule has 6 nitrogen and oxygen atoms in total. The number of benzene rings is 1. The number of nitrogens with zero attached hydrogens (tertiary/aromatic N) is 1. The van der Waals surface area contributed by atoms with E-state index in [1.165, 1.54) is 12.1 Å². The van der Waals surface area contributed by atoms with Crippen LogP contribution in [0.15, 0.2) is 12.1 Å². The van der Waals surface area contributed by atoms with Gasteiger partial charge in [0.05, 0.1) is 10.8 Å². The molecule has 1 aromatic rings. The average Bonchev–Trinajstić information content (AvgIpc) is 2.56. The van der Waals surface area contributed by atoms with E-state index in [4.69, 9.17) is 23.2 Å². The van der Waals surface area contributed by atoms with E-state index >= 15 is 0 Å². The Bertz CT molecular complexity index is 603. The van der Waals surface area contributed by atoms with Gasteiger partial charge in [-0.3, -0.25) is 25.0 Å². The lowest BCUT2D eigenvalue weighted by Crippen LogP contribution is -2.22. The third kappa shape index (κ3) is 2.29. The number of alkyl halides is 1. The maximum Gasteiger partial charge on any atom is 0.288 e. The topological polar surface area (TPSA) is 89.3 Å². The summed E-state index contributed by atoms with van der Waals surface area (Å²) in [5.74, 6) is -1.99. The lowest BCUT2D eigenvalue weighted by molar-refractivity contribution is -0.384. The molecule has 0 saturated carbocycles. The largest absolute Gasteiger partial charge is 0.295 e. The fourth-order valence-corrected chi connectivity index (χ4v) is 2.55. The van der Waals surface area contributed by atoms with E-state index in [0.717, 1.165) is 0 Å². The highest BCUT2D eigenvalue weighted by Crippen LogP contribution is 2.36. The molecule has 1 fully saturated rings. The summed E-state index contributed by atoms with van der Waals surface area (Å²) in [4.78, 5) is 33.2. The number of aryl methyl sites for hydroxylation is 1. The van der Waals surface area contributed by atoms with E-state index in [0.29, 0.717) is 11.1 Å². The Morgan fingerprint density at radius 1 is 1.32 bits per heavy atom. The number of carbonyl (C=O) groups excluding carboxylic acids is 2. The molecule has 0 radical (unpaired) electrons. The second-order valence-corrected chi connectivity index (χ2v) is 5.03. The fraction of sp³-hybridized carbons (Fsp3) is 0.273. The normalized spacial score (nSPS) is 22.5. The second-order valence-electron chi connectivity index (χ2n) is 4.15. The Morgan fingerprint density at radius 3 is 2.42 bits per heavy atom. The van der Waals surface area contributed by atoms with Gasteiger partial charge in [0.15, 0.2) is 0 Å². The number of amides is 2. The van der Waals surface area contributed by atoms with Gasteiger partial charge in [0.25, 0.3) is 5.69 Å². The molecule has 0 aliphatic carbocycles. The number of hydrogen-bond acceptors (Lipinski definition) is 4. The standard InChI is InChI=1S/C11H8Cl2N2O4/c1-4-2-7(15(18)19)6(12)3-5(4)8-9(13)11(17)14-10(8)16/h2-3,8-9H,1H3,(H,14,16,17). The molecular formula is C11H8Cl2N2O4. The third-order valence-corrected chi connectivity index (χ3v) is 3.69. The first-order valence-corrected chi connectivity index (χ1v) is 6.07. The van der Waals surface area contributed by atoms with E-state index in [1.807, 2.05) is 0 Å². The van der Waals surface area contributed by atoms with Gasteiger partial charge in [-0.05, 0) is 24.1 Å². The van der Waals surface area contributed by atoms with Crippen molar-refractivity contribution in [1.29, 1.82) is 0 Å². The molecule has 2 unspecified atom stereocenters. The first-order chi connectivity index (χ1) is 8.82. The molecule has 0 aromatic heterocycles. The molecule has 1 aromatic carbocycles. The quantitative estimate of drug-likeness (QED) is 0.391. The van der Waals surface area contributed by atoms with Crippen molar-refractivity contribution in [2.75, 3.05) is 0 Å². The van der Waals surface area contributed by atoms with Gasteiger partial charge >= 0.3 is 0 Å². The number of nitro benzene ring substituents is 1. The lowest BCUT2D eigenvalue weighted by atomic mass is 9.92. The van der Waals surface area contributed by atoms with Crippen LogP contribution in [0.4, 0.5) is 5.69 Å². The molecular weight excluding hydrogens is 295 g/mol. The molecule has 100 valence electrons. The average molecular weight is 303 g/mol. The maximum absolute atomic E-state index is 11.7. The molecule has 8 heteroatoms. The van der Waals surface area contributed by atoms with Gasteiger partial charge in [0.2, 0.25) is 11.8 Å². The second kappa shape index (κ2) is 4.79. The first-order valence-electron chi connectivity index (χ1n) is 5.26. The molecule has 0 bridgehead atoms. The highest BCUT2D eigenvalue weighted by Gasteiger charge is 2.42. The monoisotopic (exact) mass is 302 g/mol. The zero-order chi connectivity index (χ0) is 14.3. The Kier molecular flexibility index (Phi) is 3.47. The van der Waals surface area contributed by atoms with Crippen LogP contribution in [-0.4, -0.2) is 22.1 Å². The maximum atomic E-state index is 11.7. The van der Waals surface area contributed by atoms with Gasteiger partial charge in [-0.2, -0.15) is 0 Å². The van der Waals surface area contributed by atoms with Gasteiger partial charge in [0.1, 0.15) is 10.4 Å². The predicted molar refractivity (Wildman–Crippen MR) is 68.4 cm³/mol. The van der Waals surface area contributed by atoms with Crippen LogP contribution in [0.25, 0.3) is 0 Å². The molecule has 19 heavy (non-hydrogen) atoms. The molecule has 1 aliphatic heterocycles. The van der Waals surface area contributed by atoms with Crippen molar-refractivity contribution >= 4 is 40.7 Å². The van der Waals surface area contributed by atoms with Gasteiger partial charge in [0, 0.05) is 6.07 Å². The van der Waals surface area contributed by atoms with Crippen LogP contribution >= 0.6 is 23.2 Å². The number of rotatable bonds is 2. The molecule has 1 N–H and O–H groups in total. The third-order valence-electron chi connectivity index (χ3n) is 2.94. The van der Waals surface area contributed by atoms with Gasteiger partial charge in [-0.1, -0.05) is 11.6 Å². The summed E-state index contributed by atoms with van der Waals surface area (Å²) in [6, 6.07) is 2.57.